The van der Waals surface area contributed by atoms with E-state index < -0.39 is 23.7 Å². The molecular formula is C18H15FO6. The Hall–Kier alpha value is -3.09. The fraction of sp³-hybridized carbons (Fsp3) is 0.222. The lowest BCUT2D eigenvalue weighted by atomic mass is 9.97. The molecule has 7 heteroatoms. The van der Waals surface area contributed by atoms with Crippen molar-refractivity contribution >= 4 is 11.8 Å². The summed E-state index contributed by atoms with van der Waals surface area (Å²) in [5.41, 5.74) is 0.514. The van der Waals surface area contributed by atoms with E-state index >= 15 is 0 Å². The van der Waals surface area contributed by atoms with Gasteiger partial charge in [0.05, 0.1) is 26.2 Å². The van der Waals surface area contributed by atoms with Crippen LogP contribution in [0.1, 0.15) is 38.8 Å². The number of ether oxygens (including phenoxy) is 3. The van der Waals surface area contributed by atoms with Crippen molar-refractivity contribution < 1.29 is 33.3 Å². The van der Waals surface area contributed by atoms with Gasteiger partial charge in [-0.25, -0.2) is 9.18 Å². The number of ketones is 1. The highest BCUT2D eigenvalue weighted by Crippen LogP contribution is 2.43. The number of rotatable bonds is 5. The molecule has 25 heavy (non-hydrogen) atoms. The van der Waals surface area contributed by atoms with E-state index in [4.69, 9.17) is 14.2 Å². The second-order valence-electron chi connectivity index (χ2n) is 5.45. The van der Waals surface area contributed by atoms with Gasteiger partial charge in [-0.1, -0.05) is 6.07 Å². The predicted molar refractivity (Wildman–Crippen MR) is 84.7 cm³/mol. The SMILES string of the molecule is COc1ccc2c(c1OC)C(=O)OC2CC(=O)c1cc(F)ccc1O. The van der Waals surface area contributed by atoms with E-state index in [-0.39, 0.29) is 29.0 Å². The average Bonchev–Trinajstić information content (AvgIpc) is 2.91. The van der Waals surface area contributed by atoms with Gasteiger partial charge >= 0.3 is 5.97 Å². The summed E-state index contributed by atoms with van der Waals surface area (Å²) < 4.78 is 29.0. The Labute approximate surface area is 142 Å². The van der Waals surface area contributed by atoms with Gasteiger partial charge in [0.2, 0.25) is 0 Å². The average molecular weight is 346 g/mol. The number of methoxy groups -OCH3 is 2. The number of aromatic hydroxyl groups is 1. The monoisotopic (exact) mass is 346 g/mol. The molecule has 1 unspecified atom stereocenters. The first-order valence-electron chi connectivity index (χ1n) is 7.43. The molecule has 0 saturated carbocycles. The van der Waals surface area contributed by atoms with Crippen LogP contribution in [0, 0.1) is 5.82 Å². The number of carbonyl (C=O) groups excluding carboxylic acids is 2. The van der Waals surface area contributed by atoms with Gasteiger partial charge in [-0.15, -0.1) is 0 Å². The molecule has 2 aromatic carbocycles. The Balaban J connectivity index is 1.93. The number of halogens is 1. The third kappa shape index (κ3) is 2.88. The van der Waals surface area contributed by atoms with Gasteiger partial charge in [0.15, 0.2) is 17.3 Å². The Morgan fingerprint density at radius 3 is 2.68 bits per heavy atom. The van der Waals surface area contributed by atoms with Gasteiger partial charge in [-0.05, 0) is 24.3 Å². The van der Waals surface area contributed by atoms with Crippen LogP contribution in [0.5, 0.6) is 17.2 Å². The molecule has 0 bridgehead atoms. The number of benzene rings is 2. The lowest BCUT2D eigenvalue weighted by molar-refractivity contribution is 0.0365. The molecular weight excluding hydrogens is 331 g/mol. The normalized spacial score (nSPS) is 15.5. The molecule has 0 amide bonds. The predicted octanol–water partition coefficient (Wildman–Crippen LogP) is 3.03. The standard InChI is InChI=1S/C18H15FO6/c1-23-14-6-4-10-15(25-18(22)16(10)17(14)24-2)8-13(21)11-7-9(19)3-5-12(11)20/h3-7,15,20H,8H2,1-2H3. The minimum absolute atomic E-state index is 0.162. The van der Waals surface area contributed by atoms with Crippen molar-refractivity contribution in [1.29, 1.82) is 0 Å². The molecule has 6 nitrogen and oxygen atoms in total. The van der Waals surface area contributed by atoms with E-state index in [1.54, 1.807) is 12.1 Å². The molecule has 1 heterocycles. The van der Waals surface area contributed by atoms with Crippen LogP contribution in [0.3, 0.4) is 0 Å². The summed E-state index contributed by atoms with van der Waals surface area (Å²) in [7, 11) is 2.84. The highest BCUT2D eigenvalue weighted by Gasteiger charge is 2.37. The Bertz CT molecular complexity index is 861. The number of cyclic esters (lactones) is 1. The highest BCUT2D eigenvalue weighted by atomic mass is 19.1. The molecule has 0 aliphatic carbocycles. The van der Waals surface area contributed by atoms with E-state index in [1.807, 2.05) is 0 Å². The zero-order valence-electron chi connectivity index (χ0n) is 13.5. The summed E-state index contributed by atoms with van der Waals surface area (Å²) in [4.78, 5) is 24.6. The molecule has 1 N–H and O–H groups in total. The van der Waals surface area contributed by atoms with Gasteiger partial charge in [-0.3, -0.25) is 4.79 Å². The summed E-state index contributed by atoms with van der Waals surface area (Å²) in [6.07, 6.45) is -1.08. The van der Waals surface area contributed by atoms with E-state index in [0.29, 0.717) is 11.3 Å². The number of Topliss-reactive ketones (excluding diaryl/α,β-unsaturated/α-hetero) is 1. The number of fused-ring (bicyclic) bond motifs is 1. The number of carbonyl (C=O) groups is 2. The van der Waals surface area contributed by atoms with E-state index in [0.717, 1.165) is 18.2 Å². The zero-order chi connectivity index (χ0) is 18.1. The fourth-order valence-corrected chi connectivity index (χ4v) is 2.83. The maximum absolute atomic E-state index is 13.3. The third-order valence-corrected chi connectivity index (χ3v) is 4.01. The van der Waals surface area contributed by atoms with Crippen LogP contribution in [0.25, 0.3) is 0 Å². The largest absolute Gasteiger partial charge is 0.507 e. The molecule has 0 fully saturated rings. The highest BCUT2D eigenvalue weighted by molar-refractivity contribution is 6.02. The molecule has 0 spiro atoms. The second kappa shape index (κ2) is 6.43. The third-order valence-electron chi connectivity index (χ3n) is 4.01. The van der Waals surface area contributed by atoms with E-state index in [2.05, 4.69) is 0 Å². The van der Waals surface area contributed by atoms with Crippen LogP contribution in [0.4, 0.5) is 4.39 Å². The first-order chi connectivity index (χ1) is 12.0. The number of phenols is 1. The fourth-order valence-electron chi connectivity index (χ4n) is 2.83. The van der Waals surface area contributed by atoms with Gasteiger partial charge in [-0.2, -0.15) is 0 Å². The summed E-state index contributed by atoms with van der Waals surface area (Å²) >= 11 is 0. The van der Waals surface area contributed by atoms with E-state index in [1.165, 1.54) is 14.2 Å². The topological polar surface area (TPSA) is 82.1 Å². The zero-order valence-corrected chi connectivity index (χ0v) is 13.5. The molecule has 0 radical (unpaired) electrons. The van der Waals surface area contributed by atoms with Crippen LogP contribution in [0.15, 0.2) is 30.3 Å². The minimum atomic E-state index is -0.850. The van der Waals surface area contributed by atoms with Crippen LogP contribution in [0.2, 0.25) is 0 Å². The van der Waals surface area contributed by atoms with Crippen LogP contribution < -0.4 is 9.47 Å². The number of hydrogen-bond acceptors (Lipinski definition) is 6. The second-order valence-corrected chi connectivity index (χ2v) is 5.45. The van der Waals surface area contributed by atoms with Crippen LogP contribution in [-0.4, -0.2) is 31.1 Å². The lowest BCUT2D eigenvalue weighted by Crippen LogP contribution is -2.08. The molecule has 0 saturated heterocycles. The van der Waals surface area contributed by atoms with Crippen molar-refractivity contribution in [2.45, 2.75) is 12.5 Å². The number of hydrogen-bond donors (Lipinski definition) is 1. The van der Waals surface area contributed by atoms with Gasteiger partial charge in [0.25, 0.3) is 0 Å². The Morgan fingerprint density at radius 1 is 1.24 bits per heavy atom. The first-order valence-corrected chi connectivity index (χ1v) is 7.43. The maximum Gasteiger partial charge on any atom is 0.343 e. The quantitative estimate of drug-likeness (QED) is 0.662. The molecule has 2 aromatic rings. The van der Waals surface area contributed by atoms with Gasteiger partial charge < -0.3 is 19.3 Å². The Morgan fingerprint density at radius 2 is 2.00 bits per heavy atom. The minimum Gasteiger partial charge on any atom is -0.507 e. The van der Waals surface area contributed by atoms with Crippen LogP contribution >= 0.6 is 0 Å². The summed E-state index contributed by atoms with van der Waals surface area (Å²) in [6.45, 7) is 0. The van der Waals surface area contributed by atoms with Crippen molar-refractivity contribution in [3.63, 3.8) is 0 Å². The van der Waals surface area contributed by atoms with Crippen molar-refractivity contribution in [2.75, 3.05) is 14.2 Å². The molecule has 1 aliphatic heterocycles. The molecule has 1 atom stereocenters. The summed E-state index contributed by atoms with van der Waals surface area (Å²) in [5, 5.41) is 9.75. The summed E-state index contributed by atoms with van der Waals surface area (Å²) in [5.74, 6) is -1.55. The van der Waals surface area contributed by atoms with Crippen LogP contribution in [-0.2, 0) is 4.74 Å². The van der Waals surface area contributed by atoms with Crippen molar-refractivity contribution in [2.24, 2.45) is 0 Å². The lowest BCUT2D eigenvalue weighted by Gasteiger charge is -2.12. The molecule has 1 aliphatic rings. The summed E-state index contributed by atoms with van der Waals surface area (Å²) in [6, 6.07) is 6.32. The van der Waals surface area contributed by atoms with E-state index in [9.17, 15) is 19.1 Å². The van der Waals surface area contributed by atoms with Crippen molar-refractivity contribution in [3.05, 3.63) is 52.8 Å². The van der Waals surface area contributed by atoms with Gasteiger partial charge in [0, 0.05) is 5.56 Å². The van der Waals surface area contributed by atoms with Crippen molar-refractivity contribution in [3.8, 4) is 17.2 Å². The maximum atomic E-state index is 13.3. The Kier molecular flexibility index (Phi) is 4.31. The smallest absolute Gasteiger partial charge is 0.343 e. The molecule has 3 rings (SSSR count). The molecule has 130 valence electrons. The van der Waals surface area contributed by atoms with Gasteiger partial charge in [0.1, 0.15) is 23.2 Å². The first kappa shape index (κ1) is 16.8. The number of esters is 1. The number of phenolic OH excluding ortho intramolecular Hbond substituents is 1. The molecule has 0 aromatic heterocycles. The van der Waals surface area contributed by atoms with Crippen molar-refractivity contribution in [1.82, 2.24) is 0 Å².